The quantitative estimate of drug-likeness (QED) is 0.347. The van der Waals surface area contributed by atoms with Crippen molar-refractivity contribution in [3.05, 3.63) is 57.1 Å². The van der Waals surface area contributed by atoms with Gasteiger partial charge in [0.25, 0.3) is 5.56 Å². The Morgan fingerprint density at radius 2 is 1.97 bits per heavy atom. The molecule has 3 N–H and O–H groups in total. The van der Waals surface area contributed by atoms with E-state index in [2.05, 4.69) is 25.6 Å². The van der Waals surface area contributed by atoms with Crippen molar-refractivity contribution in [2.45, 2.75) is 38.8 Å². The summed E-state index contributed by atoms with van der Waals surface area (Å²) < 4.78 is 5.18. The van der Waals surface area contributed by atoms with Crippen LogP contribution in [0.15, 0.2) is 50.5 Å². The largest absolute Gasteiger partial charge is 0.462 e. The minimum atomic E-state index is -0.589. The lowest BCUT2D eigenvalue weighted by Crippen LogP contribution is -2.36. The third-order valence-electron chi connectivity index (χ3n) is 4.80. The van der Waals surface area contributed by atoms with Crippen molar-refractivity contribution < 1.29 is 14.3 Å². The number of esters is 1. The number of amides is 1. The minimum Gasteiger partial charge on any atom is -0.462 e. The van der Waals surface area contributed by atoms with Gasteiger partial charge in [-0.3, -0.25) is 9.59 Å². The van der Waals surface area contributed by atoms with Crippen molar-refractivity contribution in [2.24, 2.45) is 4.99 Å². The van der Waals surface area contributed by atoms with Crippen molar-refractivity contribution in [3.63, 3.8) is 0 Å². The van der Waals surface area contributed by atoms with Gasteiger partial charge >= 0.3 is 5.97 Å². The van der Waals surface area contributed by atoms with Crippen LogP contribution >= 0.6 is 11.8 Å². The van der Waals surface area contributed by atoms with Crippen molar-refractivity contribution in [1.82, 2.24) is 15.3 Å². The van der Waals surface area contributed by atoms with Crippen LogP contribution in [-0.2, 0) is 20.7 Å². The molecule has 0 fully saturated rings. The van der Waals surface area contributed by atoms with Crippen LogP contribution < -0.4 is 16.2 Å². The molecular formula is C22H25N5O4S. The molecule has 1 aliphatic heterocycles. The van der Waals surface area contributed by atoms with Gasteiger partial charge in [0.2, 0.25) is 5.91 Å². The van der Waals surface area contributed by atoms with Gasteiger partial charge in [0.15, 0.2) is 5.16 Å². The van der Waals surface area contributed by atoms with Gasteiger partial charge in [-0.2, -0.15) is 0 Å². The predicted octanol–water partition coefficient (Wildman–Crippen LogP) is 2.84. The summed E-state index contributed by atoms with van der Waals surface area (Å²) in [5.74, 6) is -0.871. The molecule has 2 heterocycles. The monoisotopic (exact) mass is 455 g/mol. The molecule has 0 aliphatic carbocycles. The lowest BCUT2D eigenvalue weighted by atomic mass is 10.1. The number of hydrogen-bond acceptors (Lipinski definition) is 8. The number of fused-ring (bicyclic) bond motifs is 1. The summed E-state index contributed by atoms with van der Waals surface area (Å²) in [6, 6.07) is 7.26. The number of rotatable bonds is 6. The fourth-order valence-electron chi connectivity index (χ4n) is 3.25. The van der Waals surface area contributed by atoms with E-state index in [9.17, 15) is 14.4 Å². The number of aliphatic imine (C=N–C) groups is 1. The van der Waals surface area contributed by atoms with Crippen LogP contribution in [0.2, 0.25) is 0 Å². The first kappa shape index (κ1) is 23.3. The van der Waals surface area contributed by atoms with Crippen LogP contribution in [0.1, 0.15) is 31.5 Å². The van der Waals surface area contributed by atoms with Gasteiger partial charge in [0.1, 0.15) is 11.4 Å². The number of nitrogens with one attached hydrogen (secondary N) is 3. The predicted molar refractivity (Wildman–Crippen MR) is 124 cm³/mol. The van der Waals surface area contributed by atoms with E-state index in [1.165, 1.54) is 11.8 Å². The second-order valence-corrected chi connectivity index (χ2v) is 7.81. The average molecular weight is 456 g/mol. The Morgan fingerprint density at radius 1 is 1.22 bits per heavy atom. The molecular weight excluding hydrogens is 430 g/mol. The smallest absolute Gasteiger partial charge is 0.343 e. The standard InChI is InChI=1S/C22H25N5O4S/c1-5-31-21(30)18-13(3)23-15-8-6-7-9-16(15)25-19(18)26-17(28)11-10-14-12(2)24-22(32-4)27-20(14)29/h6-9,23H,5,10-11H2,1-4H3,(H,24,27,29)(H,25,26,28). The molecule has 0 saturated carbocycles. The van der Waals surface area contributed by atoms with Gasteiger partial charge in [-0.25, -0.2) is 14.8 Å². The second-order valence-electron chi connectivity index (χ2n) is 7.01. The Balaban J connectivity index is 1.85. The molecule has 0 saturated heterocycles. The van der Waals surface area contributed by atoms with E-state index in [4.69, 9.17) is 4.74 Å². The zero-order chi connectivity index (χ0) is 23.3. The first-order chi connectivity index (χ1) is 15.3. The molecule has 0 spiro atoms. The maximum atomic E-state index is 12.8. The number of carbonyl (C=O) groups excluding carboxylic acids is 2. The Bertz CT molecular complexity index is 1170. The Kier molecular flexibility index (Phi) is 7.47. The first-order valence-electron chi connectivity index (χ1n) is 10.1. The zero-order valence-electron chi connectivity index (χ0n) is 18.4. The van der Waals surface area contributed by atoms with Crippen LogP contribution in [-0.4, -0.2) is 40.5 Å². The first-order valence-corrected chi connectivity index (χ1v) is 11.3. The number of para-hydroxylation sites is 2. The summed E-state index contributed by atoms with van der Waals surface area (Å²) in [5.41, 5.74) is 2.71. The van der Waals surface area contributed by atoms with Crippen LogP contribution in [0, 0.1) is 6.92 Å². The molecule has 1 aromatic heterocycles. The number of benzene rings is 1. The molecule has 32 heavy (non-hydrogen) atoms. The SMILES string of the molecule is CCOC(=O)C1=C(C)Nc2ccccc2N=C1NC(=O)CCc1c(C)nc(SC)[nH]c1=O. The molecule has 9 nitrogen and oxygen atoms in total. The van der Waals surface area contributed by atoms with Gasteiger partial charge < -0.3 is 20.4 Å². The zero-order valence-corrected chi connectivity index (χ0v) is 19.2. The molecule has 0 atom stereocenters. The Morgan fingerprint density at radius 3 is 2.66 bits per heavy atom. The highest BCUT2D eigenvalue weighted by atomic mass is 32.2. The van der Waals surface area contributed by atoms with Crippen molar-refractivity contribution in [1.29, 1.82) is 0 Å². The number of anilines is 1. The molecule has 0 unspecified atom stereocenters. The van der Waals surface area contributed by atoms with Gasteiger partial charge in [0.05, 0.1) is 18.0 Å². The number of H-pyrrole nitrogens is 1. The maximum Gasteiger partial charge on any atom is 0.343 e. The molecule has 0 bridgehead atoms. The molecule has 1 aromatic carbocycles. The van der Waals surface area contributed by atoms with Crippen molar-refractivity contribution >= 4 is 40.8 Å². The summed E-state index contributed by atoms with van der Waals surface area (Å²) in [6.45, 7) is 5.35. The Labute approximate surface area is 189 Å². The molecule has 2 aromatic rings. The molecule has 3 rings (SSSR count). The fraction of sp³-hybridized carbons (Fsp3) is 0.318. The number of ether oxygens (including phenoxy) is 1. The number of allylic oxidation sites excluding steroid dienone is 1. The summed E-state index contributed by atoms with van der Waals surface area (Å²) in [5, 5.41) is 6.41. The van der Waals surface area contributed by atoms with Gasteiger partial charge in [-0.1, -0.05) is 23.9 Å². The summed E-state index contributed by atoms with van der Waals surface area (Å²) >= 11 is 1.34. The van der Waals surface area contributed by atoms with Crippen LogP contribution in [0.25, 0.3) is 0 Å². The van der Waals surface area contributed by atoms with E-state index < -0.39 is 5.97 Å². The normalized spacial score (nSPS) is 12.9. The van der Waals surface area contributed by atoms with E-state index >= 15 is 0 Å². The highest BCUT2D eigenvalue weighted by Gasteiger charge is 2.26. The van der Waals surface area contributed by atoms with Crippen LogP contribution in [0.5, 0.6) is 0 Å². The highest BCUT2D eigenvalue weighted by molar-refractivity contribution is 7.98. The fourth-order valence-corrected chi connectivity index (χ4v) is 3.67. The second kappa shape index (κ2) is 10.3. The lowest BCUT2D eigenvalue weighted by molar-refractivity contribution is -0.137. The number of aryl methyl sites for hydroxylation is 1. The molecule has 168 valence electrons. The van der Waals surface area contributed by atoms with Crippen molar-refractivity contribution in [2.75, 3.05) is 18.2 Å². The summed E-state index contributed by atoms with van der Waals surface area (Å²) in [4.78, 5) is 49.2. The van der Waals surface area contributed by atoms with Crippen molar-refractivity contribution in [3.8, 4) is 0 Å². The number of aromatic nitrogens is 2. The summed E-state index contributed by atoms with van der Waals surface area (Å²) in [7, 11) is 0. The minimum absolute atomic E-state index is 0.0213. The number of nitrogens with zero attached hydrogens (tertiary/aromatic N) is 2. The molecule has 1 amide bonds. The number of carbonyl (C=O) groups is 2. The highest BCUT2D eigenvalue weighted by Crippen LogP contribution is 2.30. The topological polar surface area (TPSA) is 126 Å². The molecule has 0 radical (unpaired) electrons. The van der Waals surface area contributed by atoms with E-state index in [-0.39, 0.29) is 42.3 Å². The van der Waals surface area contributed by atoms with Gasteiger partial charge in [-0.15, -0.1) is 0 Å². The van der Waals surface area contributed by atoms with Gasteiger partial charge in [-0.05, 0) is 45.6 Å². The van der Waals surface area contributed by atoms with Crippen LogP contribution in [0.4, 0.5) is 11.4 Å². The lowest BCUT2D eigenvalue weighted by Gasteiger charge is -2.13. The van der Waals surface area contributed by atoms with Gasteiger partial charge in [0, 0.05) is 23.4 Å². The third kappa shape index (κ3) is 5.25. The van der Waals surface area contributed by atoms with E-state index in [0.717, 1.165) is 0 Å². The number of thioether (sulfide) groups is 1. The van der Waals surface area contributed by atoms with E-state index in [1.54, 1.807) is 26.8 Å². The average Bonchev–Trinajstić information content (AvgIpc) is 2.88. The number of aromatic amines is 1. The molecule has 10 heteroatoms. The summed E-state index contributed by atoms with van der Waals surface area (Å²) in [6.07, 6.45) is 2.05. The Hall–Kier alpha value is -3.40. The number of amidine groups is 1. The van der Waals surface area contributed by atoms with E-state index in [0.29, 0.717) is 33.5 Å². The van der Waals surface area contributed by atoms with Crippen LogP contribution in [0.3, 0.4) is 0 Å². The molecule has 1 aliphatic rings. The van der Waals surface area contributed by atoms with E-state index in [1.807, 2.05) is 24.5 Å². The maximum absolute atomic E-state index is 12.8. The third-order valence-corrected chi connectivity index (χ3v) is 5.38. The number of hydrogen-bond donors (Lipinski definition) is 3.